The highest BCUT2D eigenvalue weighted by atomic mass is 35.5. The molecule has 1 N–H and O–H groups in total. The van der Waals surface area contributed by atoms with Crippen molar-refractivity contribution in [1.29, 1.82) is 0 Å². The Balaban J connectivity index is 1.63. The van der Waals surface area contributed by atoms with E-state index in [0.717, 1.165) is 24.0 Å². The lowest BCUT2D eigenvalue weighted by Gasteiger charge is -2.06. The summed E-state index contributed by atoms with van der Waals surface area (Å²) in [6, 6.07) is 8.20. The van der Waals surface area contributed by atoms with Gasteiger partial charge in [0.25, 0.3) is 0 Å². The van der Waals surface area contributed by atoms with Crippen molar-refractivity contribution in [1.82, 2.24) is 9.88 Å². The number of hydrogen-bond donors (Lipinski definition) is 1. The molecule has 1 aromatic carbocycles. The van der Waals surface area contributed by atoms with Gasteiger partial charge in [-0.2, -0.15) is 0 Å². The average Bonchev–Trinajstić information content (AvgIpc) is 3.06. The van der Waals surface area contributed by atoms with Crippen LogP contribution in [0.15, 0.2) is 30.5 Å². The van der Waals surface area contributed by atoms with Crippen LogP contribution in [0.25, 0.3) is 10.9 Å². The normalized spacial score (nSPS) is 15.6. The van der Waals surface area contributed by atoms with Crippen LogP contribution in [0.3, 0.4) is 0 Å². The van der Waals surface area contributed by atoms with Crippen molar-refractivity contribution >= 4 is 22.5 Å². The second kappa shape index (κ2) is 4.71. The van der Waals surface area contributed by atoms with Crippen molar-refractivity contribution in [2.45, 2.75) is 19.4 Å². The first-order valence-corrected chi connectivity index (χ1v) is 6.66. The van der Waals surface area contributed by atoms with E-state index in [1.165, 1.54) is 30.3 Å². The topological polar surface area (TPSA) is 17.0 Å². The number of fused-ring (bicyclic) bond motifs is 1. The third-order valence-corrected chi connectivity index (χ3v) is 3.63. The van der Waals surface area contributed by atoms with Crippen LogP contribution in [0.4, 0.5) is 0 Å². The highest BCUT2D eigenvalue weighted by Crippen LogP contribution is 2.27. The standard InChI is InChI=1S/C14H17ClN2/c15-13-3-4-14-12(9-13)5-7-17(14)8-6-16-10-11-1-2-11/h3-5,7,9,11,16H,1-2,6,8,10H2. The Hall–Kier alpha value is -0.990. The zero-order valence-electron chi connectivity index (χ0n) is 9.82. The third kappa shape index (κ3) is 2.64. The van der Waals surface area contributed by atoms with Crippen molar-refractivity contribution in [2.24, 2.45) is 5.92 Å². The molecule has 0 amide bonds. The lowest BCUT2D eigenvalue weighted by atomic mass is 10.2. The van der Waals surface area contributed by atoms with Crippen LogP contribution in [0.5, 0.6) is 0 Å². The fourth-order valence-electron chi connectivity index (χ4n) is 2.19. The highest BCUT2D eigenvalue weighted by molar-refractivity contribution is 6.31. The summed E-state index contributed by atoms with van der Waals surface area (Å²) in [5.74, 6) is 0.954. The van der Waals surface area contributed by atoms with E-state index in [2.05, 4.69) is 28.2 Å². The lowest BCUT2D eigenvalue weighted by molar-refractivity contribution is 0.584. The maximum atomic E-state index is 5.97. The molecule has 1 saturated carbocycles. The lowest BCUT2D eigenvalue weighted by Crippen LogP contribution is -2.21. The van der Waals surface area contributed by atoms with Gasteiger partial charge in [-0.3, -0.25) is 0 Å². The van der Waals surface area contributed by atoms with Crippen LogP contribution in [0, 0.1) is 5.92 Å². The Labute approximate surface area is 107 Å². The zero-order chi connectivity index (χ0) is 11.7. The predicted molar refractivity (Wildman–Crippen MR) is 72.5 cm³/mol. The number of benzene rings is 1. The Kier molecular flexibility index (Phi) is 3.08. The molecule has 3 heteroatoms. The molecule has 1 aliphatic carbocycles. The molecule has 2 aromatic rings. The summed E-state index contributed by atoms with van der Waals surface area (Å²) in [5, 5.41) is 5.54. The summed E-state index contributed by atoms with van der Waals surface area (Å²) >= 11 is 5.97. The van der Waals surface area contributed by atoms with Gasteiger partial charge in [0, 0.05) is 35.2 Å². The third-order valence-electron chi connectivity index (χ3n) is 3.39. The van der Waals surface area contributed by atoms with Gasteiger partial charge >= 0.3 is 0 Å². The first-order valence-electron chi connectivity index (χ1n) is 6.28. The molecule has 0 atom stereocenters. The van der Waals surface area contributed by atoms with Crippen LogP contribution < -0.4 is 5.32 Å². The molecule has 2 nitrogen and oxygen atoms in total. The van der Waals surface area contributed by atoms with Gasteiger partial charge in [-0.15, -0.1) is 0 Å². The molecular weight excluding hydrogens is 232 g/mol. The molecule has 3 rings (SSSR count). The van der Waals surface area contributed by atoms with Gasteiger partial charge < -0.3 is 9.88 Å². The summed E-state index contributed by atoms with van der Waals surface area (Å²) in [4.78, 5) is 0. The molecule has 1 aliphatic rings. The number of rotatable bonds is 5. The fraction of sp³-hybridized carbons (Fsp3) is 0.429. The summed E-state index contributed by atoms with van der Waals surface area (Å²) < 4.78 is 2.28. The first-order chi connectivity index (χ1) is 8.33. The largest absolute Gasteiger partial charge is 0.346 e. The second-order valence-corrected chi connectivity index (χ2v) is 5.30. The number of aromatic nitrogens is 1. The van der Waals surface area contributed by atoms with E-state index in [9.17, 15) is 0 Å². The quantitative estimate of drug-likeness (QED) is 0.804. The SMILES string of the molecule is Clc1ccc2c(ccn2CCNCC2CC2)c1. The van der Waals surface area contributed by atoms with Gasteiger partial charge in [-0.1, -0.05) is 11.6 Å². The first kappa shape index (κ1) is 11.1. The van der Waals surface area contributed by atoms with E-state index < -0.39 is 0 Å². The fourth-order valence-corrected chi connectivity index (χ4v) is 2.37. The van der Waals surface area contributed by atoms with E-state index in [0.29, 0.717) is 0 Å². The van der Waals surface area contributed by atoms with Crippen LogP contribution in [-0.4, -0.2) is 17.7 Å². The van der Waals surface area contributed by atoms with Crippen LogP contribution in [0.1, 0.15) is 12.8 Å². The molecule has 0 unspecified atom stereocenters. The smallest absolute Gasteiger partial charge is 0.0481 e. The monoisotopic (exact) mass is 248 g/mol. The Morgan fingerprint density at radius 3 is 3.00 bits per heavy atom. The van der Waals surface area contributed by atoms with Crippen LogP contribution >= 0.6 is 11.6 Å². The van der Waals surface area contributed by atoms with Crippen molar-refractivity contribution in [3.05, 3.63) is 35.5 Å². The van der Waals surface area contributed by atoms with Crippen molar-refractivity contribution in [3.8, 4) is 0 Å². The summed E-state index contributed by atoms with van der Waals surface area (Å²) in [6.45, 7) is 3.26. The van der Waals surface area contributed by atoms with Gasteiger partial charge in [0.05, 0.1) is 0 Å². The molecule has 1 aromatic heterocycles. The van der Waals surface area contributed by atoms with Gasteiger partial charge in [0.1, 0.15) is 0 Å². The van der Waals surface area contributed by atoms with Gasteiger partial charge in [0.15, 0.2) is 0 Å². The van der Waals surface area contributed by atoms with E-state index >= 15 is 0 Å². The number of nitrogens with one attached hydrogen (secondary N) is 1. The minimum atomic E-state index is 0.808. The van der Waals surface area contributed by atoms with Crippen molar-refractivity contribution in [3.63, 3.8) is 0 Å². The van der Waals surface area contributed by atoms with Crippen molar-refractivity contribution < 1.29 is 0 Å². The molecule has 0 spiro atoms. The molecule has 17 heavy (non-hydrogen) atoms. The summed E-state index contributed by atoms with van der Waals surface area (Å²) in [5.41, 5.74) is 1.27. The predicted octanol–water partition coefficient (Wildman–Crippen LogP) is 3.29. The molecule has 0 bridgehead atoms. The second-order valence-electron chi connectivity index (χ2n) is 4.86. The summed E-state index contributed by atoms with van der Waals surface area (Å²) in [6.07, 6.45) is 4.97. The Bertz CT molecular complexity index is 514. The molecule has 90 valence electrons. The van der Waals surface area contributed by atoms with Gasteiger partial charge in [-0.25, -0.2) is 0 Å². The van der Waals surface area contributed by atoms with Gasteiger partial charge in [0.2, 0.25) is 0 Å². The minimum Gasteiger partial charge on any atom is -0.346 e. The van der Waals surface area contributed by atoms with E-state index in [-0.39, 0.29) is 0 Å². The molecule has 1 heterocycles. The molecule has 0 saturated heterocycles. The Morgan fingerprint density at radius 2 is 2.18 bits per heavy atom. The van der Waals surface area contributed by atoms with Crippen molar-refractivity contribution in [2.75, 3.05) is 13.1 Å². The molecule has 1 fully saturated rings. The van der Waals surface area contributed by atoms with E-state index in [1.807, 2.05) is 12.1 Å². The Morgan fingerprint density at radius 1 is 1.29 bits per heavy atom. The zero-order valence-corrected chi connectivity index (χ0v) is 10.6. The van der Waals surface area contributed by atoms with Crippen LogP contribution in [-0.2, 0) is 6.54 Å². The van der Waals surface area contributed by atoms with E-state index in [4.69, 9.17) is 11.6 Å². The number of hydrogen-bond acceptors (Lipinski definition) is 1. The molecular formula is C14H17ClN2. The maximum absolute atomic E-state index is 5.97. The molecule has 0 aliphatic heterocycles. The minimum absolute atomic E-state index is 0.808. The van der Waals surface area contributed by atoms with E-state index in [1.54, 1.807) is 0 Å². The highest BCUT2D eigenvalue weighted by Gasteiger charge is 2.19. The number of halogens is 1. The maximum Gasteiger partial charge on any atom is 0.0481 e. The van der Waals surface area contributed by atoms with Gasteiger partial charge in [-0.05, 0) is 49.6 Å². The van der Waals surface area contributed by atoms with Crippen LogP contribution in [0.2, 0.25) is 5.02 Å². The number of nitrogens with zero attached hydrogens (tertiary/aromatic N) is 1. The average molecular weight is 249 g/mol. The molecule has 0 radical (unpaired) electrons. The summed E-state index contributed by atoms with van der Waals surface area (Å²) in [7, 11) is 0.